The molecule has 15 nitrogen and oxygen atoms in total. The second-order valence-corrected chi connectivity index (χ2v) is 7.74. The van der Waals surface area contributed by atoms with Gasteiger partial charge in [0.2, 0.25) is 23.6 Å². The largest absolute Gasteiger partial charge is 0.480 e. The van der Waals surface area contributed by atoms with Crippen LogP contribution in [0.15, 0.2) is 4.99 Å². The summed E-state index contributed by atoms with van der Waals surface area (Å²) < 4.78 is 0. The Kier molecular flexibility index (Phi) is 13.8. The fourth-order valence-corrected chi connectivity index (χ4v) is 2.74. The molecular weight excluding hydrogens is 452 g/mol. The number of aliphatic hydroxyl groups is 1. The van der Waals surface area contributed by atoms with Crippen LogP contribution in [0.3, 0.4) is 0 Å². The summed E-state index contributed by atoms with van der Waals surface area (Å²) >= 11 is 0. The maximum Gasteiger partial charge on any atom is 0.326 e. The number of aliphatic imine (C=N–C) groups is 1. The van der Waals surface area contributed by atoms with Gasteiger partial charge in [0, 0.05) is 6.54 Å². The molecule has 0 fully saturated rings. The fourth-order valence-electron chi connectivity index (χ4n) is 2.74. The lowest BCUT2D eigenvalue weighted by atomic mass is 9.98. The number of nitrogens with two attached hydrogens (primary N) is 4. The van der Waals surface area contributed by atoms with Crippen LogP contribution in [0.5, 0.6) is 0 Å². The number of rotatable bonds is 16. The van der Waals surface area contributed by atoms with Gasteiger partial charge in [-0.3, -0.25) is 24.2 Å². The molecule has 0 aliphatic rings. The number of carboxylic acid groups (broad SMARTS) is 1. The van der Waals surface area contributed by atoms with Crippen molar-refractivity contribution in [1.82, 2.24) is 16.0 Å². The number of guanidine groups is 1. The van der Waals surface area contributed by atoms with Gasteiger partial charge in [-0.2, -0.15) is 0 Å². The van der Waals surface area contributed by atoms with E-state index in [1.165, 1.54) is 0 Å². The molecule has 0 aromatic carbocycles. The molecule has 0 aromatic heterocycles. The monoisotopic (exact) mass is 488 g/mol. The molecule has 0 saturated carbocycles. The summed E-state index contributed by atoms with van der Waals surface area (Å²) in [6, 6.07) is -5.33. The first-order valence-electron chi connectivity index (χ1n) is 10.7. The number of nitrogens with one attached hydrogen (secondary N) is 3. The molecule has 34 heavy (non-hydrogen) atoms. The number of hydrogen-bond donors (Lipinski definition) is 9. The number of carbonyl (C=O) groups is 5. The van der Waals surface area contributed by atoms with Gasteiger partial charge in [-0.1, -0.05) is 20.3 Å². The standard InChI is InChI=1S/C19H36N8O7/c1-3-9(2)14(18(33)34)27-16(31)11(7-13(21)29)25-17(32)12(8-28)26-15(30)10(20)5-4-6-24-19(22)23/h9-12,14,28H,3-8,20H2,1-2H3,(H2,21,29)(H,25,32)(H,26,30)(H,27,31)(H,33,34)(H4,22,23,24). The van der Waals surface area contributed by atoms with E-state index in [9.17, 15) is 34.2 Å². The van der Waals surface area contributed by atoms with Crippen molar-refractivity contribution in [2.75, 3.05) is 13.2 Å². The van der Waals surface area contributed by atoms with E-state index in [2.05, 4.69) is 20.9 Å². The number of primary amides is 1. The summed E-state index contributed by atoms with van der Waals surface area (Å²) in [5.41, 5.74) is 21.3. The van der Waals surface area contributed by atoms with Crippen molar-refractivity contribution in [3.63, 3.8) is 0 Å². The van der Waals surface area contributed by atoms with E-state index in [1.807, 2.05) is 0 Å². The number of aliphatic carboxylic acids is 1. The lowest BCUT2D eigenvalue weighted by Crippen LogP contribution is -2.59. The van der Waals surface area contributed by atoms with Crippen LogP contribution in [0.25, 0.3) is 0 Å². The molecule has 15 heteroatoms. The highest BCUT2D eigenvalue weighted by atomic mass is 16.4. The Hall–Kier alpha value is -3.46. The lowest BCUT2D eigenvalue weighted by Gasteiger charge is -2.25. The van der Waals surface area contributed by atoms with Crippen molar-refractivity contribution >= 4 is 35.6 Å². The van der Waals surface area contributed by atoms with Crippen LogP contribution in [0.2, 0.25) is 0 Å². The van der Waals surface area contributed by atoms with Crippen LogP contribution in [0, 0.1) is 5.92 Å². The predicted octanol–water partition coefficient (Wildman–Crippen LogP) is -4.18. The highest BCUT2D eigenvalue weighted by molar-refractivity contribution is 5.96. The molecule has 13 N–H and O–H groups in total. The van der Waals surface area contributed by atoms with Gasteiger partial charge in [0.1, 0.15) is 18.1 Å². The number of carboxylic acids is 1. The average Bonchev–Trinajstić information content (AvgIpc) is 2.76. The topological polar surface area (TPSA) is 278 Å². The molecule has 0 saturated heterocycles. The van der Waals surface area contributed by atoms with Crippen molar-refractivity contribution in [3.8, 4) is 0 Å². The molecule has 0 spiro atoms. The number of hydrogen-bond acceptors (Lipinski definition) is 8. The van der Waals surface area contributed by atoms with E-state index in [0.29, 0.717) is 12.8 Å². The molecule has 5 unspecified atom stereocenters. The summed E-state index contributed by atoms with van der Waals surface area (Å²) in [4.78, 5) is 64.0. The van der Waals surface area contributed by atoms with Crippen LogP contribution in [0.4, 0.5) is 0 Å². The molecule has 194 valence electrons. The van der Waals surface area contributed by atoms with Crippen LogP contribution in [0.1, 0.15) is 39.5 Å². The van der Waals surface area contributed by atoms with Gasteiger partial charge < -0.3 is 49.1 Å². The van der Waals surface area contributed by atoms with Gasteiger partial charge in [0.15, 0.2) is 5.96 Å². The van der Waals surface area contributed by atoms with Gasteiger partial charge in [-0.25, -0.2) is 4.79 Å². The summed E-state index contributed by atoms with van der Waals surface area (Å²) in [6.07, 6.45) is 0.362. The molecule has 0 radical (unpaired) electrons. The van der Waals surface area contributed by atoms with E-state index in [0.717, 1.165) is 0 Å². The van der Waals surface area contributed by atoms with Crippen LogP contribution in [-0.4, -0.2) is 83.1 Å². The smallest absolute Gasteiger partial charge is 0.326 e. The number of aliphatic hydroxyl groups excluding tert-OH is 1. The van der Waals surface area contributed by atoms with E-state index in [-0.39, 0.29) is 18.9 Å². The molecule has 0 aromatic rings. The van der Waals surface area contributed by atoms with Crippen molar-refractivity contribution in [1.29, 1.82) is 0 Å². The number of carbonyl (C=O) groups excluding carboxylic acids is 4. The highest BCUT2D eigenvalue weighted by Crippen LogP contribution is 2.09. The first-order chi connectivity index (χ1) is 15.8. The minimum Gasteiger partial charge on any atom is -0.480 e. The second kappa shape index (κ2) is 15.4. The zero-order chi connectivity index (χ0) is 26.4. The van der Waals surface area contributed by atoms with Gasteiger partial charge in [0.05, 0.1) is 19.1 Å². The Morgan fingerprint density at radius 3 is 1.97 bits per heavy atom. The molecule has 0 bridgehead atoms. The quantitative estimate of drug-likeness (QED) is 0.0573. The predicted molar refractivity (Wildman–Crippen MR) is 122 cm³/mol. The third-order valence-corrected chi connectivity index (χ3v) is 4.94. The summed E-state index contributed by atoms with van der Waals surface area (Å²) in [5, 5.41) is 25.6. The van der Waals surface area contributed by atoms with Crippen LogP contribution < -0.4 is 38.9 Å². The van der Waals surface area contributed by atoms with E-state index in [1.54, 1.807) is 13.8 Å². The van der Waals surface area contributed by atoms with Crippen molar-refractivity contribution in [2.24, 2.45) is 33.8 Å². The minimum absolute atomic E-state index is 0.108. The van der Waals surface area contributed by atoms with E-state index >= 15 is 0 Å². The maximum absolute atomic E-state index is 12.6. The normalized spacial score (nSPS) is 15.1. The average molecular weight is 489 g/mol. The number of amides is 4. The van der Waals surface area contributed by atoms with Crippen LogP contribution >= 0.6 is 0 Å². The summed E-state index contributed by atoms with van der Waals surface area (Å²) in [5.74, 6) is -5.49. The van der Waals surface area contributed by atoms with Crippen molar-refractivity contribution in [2.45, 2.75) is 63.7 Å². The third kappa shape index (κ3) is 11.4. The molecular formula is C19H36N8O7. The molecule has 0 rings (SSSR count). The Morgan fingerprint density at radius 2 is 1.50 bits per heavy atom. The van der Waals surface area contributed by atoms with Crippen molar-refractivity contribution in [3.05, 3.63) is 0 Å². The molecule has 0 aliphatic heterocycles. The van der Waals surface area contributed by atoms with E-state index in [4.69, 9.17) is 22.9 Å². The number of nitrogens with zero attached hydrogens (tertiary/aromatic N) is 1. The van der Waals surface area contributed by atoms with E-state index < -0.39 is 72.7 Å². The zero-order valence-electron chi connectivity index (χ0n) is 19.3. The SMILES string of the molecule is CCC(C)C(NC(=O)C(CC(N)=O)NC(=O)C(CO)NC(=O)C(N)CCCN=C(N)N)C(=O)O. The Morgan fingerprint density at radius 1 is 0.941 bits per heavy atom. The molecule has 4 amide bonds. The Labute approximate surface area is 197 Å². The van der Waals surface area contributed by atoms with Gasteiger partial charge in [-0.05, 0) is 18.8 Å². The molecule has 0 heterocycles. The highest BCUT2D eigenvalue weighted by Gasteiger charge is 2.32. The first kappa shape index (κ1) is 30.5. The van der Waals surface area contributed by atoms with Gasteiger partial charge in [-0.15, -0.1) is 0 Å². The molecule has 5 atom stereocenters. The third-order valence-electron chi connectivity index (χ3n) is 4.94. The Balaban J connectivity index is 5.20. The summed E-state index contributed by atoms with van der Waals surface area (Å²) in [7, 11) is 0. The summed E-state index contributed by atoms with van der Waals surface area (Å²) in [6.45, 7) is 2.74. The first-order valence-corrected chi connectivity index (χ1v) is 10.7. The maximum atomic E-state index is 12.6. The lowest BCUT2D eigenvalue weighted by molar-refractivity contribution is -0.144. The van der Waals surface area contributed by atoms with Crippen molar-refractivity contribution < 1.29 is 34.2 Å². The Bertz CT molecular complexity index is 757. The molecule has 0 aliphatic carbocycles. The van der Waals surface area contributed by atoms with Gasteiger partial charge in [0.25, 0.3) is 0 Å². The minimum atomic E-state index is -1.53. The second-order valence-electron chi connectivity index (χ2n) is 7.74. The van der Waals surface area contributed by atoms with Crippen LogP contribution in [-0.2, 0) is 24.0 Å². The zero-order valence-corrected chi connectivity index (χ0v) is 19.3. The fraction of sp³-hybridized carbons (Fsp3) is 0.684. The van der Waals surface area contributed by atoms with Gasteiger partial charge >= 0.3 is 5.97 Å².